The summed E-state index contributed by atoms with van der Waals surface area (Å²) in [6.07, 6.45) is 1.86. The van der Waals surface area contributed by atoms with Crippen molar-refractivity contribution >= 4 is 11.8 Å². The highest BCUT2D eigenvalue weighted by molar-refractivity contribution is 5.44. The van der Waals surface area contributed by atoms with E-state index in [1.165, 1.54) is 0 Å². The molecule has 4 heterocycles. The Morgan fingerprint density at radius 3 is 2.56 bits per heavy atom. The molecule has 134 valence electrons. The van der Waals surface area contributed by atoms with Gasteiger partial charge in [-0.3, -0.25) is 4.90 Å². The van der Waals surface area contributed by atoms with Crippen LogP contribution in [0.25, 0.3) is 0 Å². The van der Waals surface area contributed by atoms with Gasteiger partial charge in [-0.2, -0.15) is 4.98 Å². The molecule has 8 nitrogen and oxygen atoms in total. The molecule has 2 fully saturated rings. The second-order valence-electron chi connectivity index (χ2n) is 6.51. The van der Waals surface area contributed by atoms with Crippen LogP contribution in [-0.4, -0.2) is 72.5 Å². The van der Waals surface area contributed by atoms with Crippen molar-refractivity contribution in [2.24, 2.45) is 0 Å². The fraction of sp³-hybridized carbons (Fsp3) is 0.588. The zero-order valence-corrected chi connectivity index (χ0v) is 14.6. The molecule has 2 saturated heterocycles. The van der Waals surface area contributed by atoms with Crippen LogP contribution in [0.2, 0.25) is 0 Å². The van der Waals surface area contributed by atoms with Gasteiger partial charge in [0.2, 0.25) is 5.95 Å². The summed E-state index contributed by atoms with van der Waals surface area (Å²) in [6.45, 7) is 9.85. The Bertz CT molecular complexity index is 692. The van der Waals surface area contributed by atoms with Crippen molar-refractivity contribution < 1.29 is 9.26 Å². The van der Waals surface area contributed by atoms with E-state index >= 15 is 0 Å². The fourth-order valence-corrected chi connectivity index (χ4v) is 3.29. The van der Waals surface area contributed by atoms with Crippen LogP contribution in [0.15, 0.2) is 22.9 Å². The van der Waals surface area contributed by atoms with E-state index < -0.39 is 0 Å². The first-order chi connectivity index (χ1) is 12.3. The Hall–Kier alpha value is -2.19. The first-order valence-electron chi connectivity index (χ1n) is 8.83. The molecule has 0 aliphatic carbocycles. The average Bonchev–Trinajstić information content (AvgIpc) is 3.08. The summed E-state index contributed by atoms with van der Waals surface area (Å²) >= 11 is 0. The molecule has 0 atom stereocenters. The van der Waals surface area contributed by atoms with Crippen molar-refractivity contribution in [3.63, 3.8) is 0 Å². The third kappa shape index (κ3) is 3.91. The maximum absolute atomic E-state index is 5.40. The van der Waals surface area contributed by atoms with E-state index in [9.17, 15) is 0 Å². The van der Waals surface area contributed by atoms with Gasteiger partial charge in [0.1, 0.15) is 11.6 Å². The van der Waals surface area contributed by atoms with Crippen LogP contribution in [-0.2, 0) is 11.3 Å². The number of aryl methyl sites for hydroxylation is 1. The van der Waals surface area contributed by atoms with E-state index in [1.807, 2.05) is 25.3 Å². The molecule has 0 unspecified atom stereocenters. The van der Waals surface area contributed by atoms with Crippen molar-refractivity contribution in [1.29, 1.82) is 0 Å². The number of hydrogen-bond acceptors (Lipinski definition) is 8. The summed E-state index contributed by atoms with van der Waals surface area (Å²) in [6, 6.07) is 4.01. The Morgan fingerprint density at radius 2 is 1.84 bits per heavy atom. The SMILES string of the molecule is Cc1cc(CN2CCN(c3ccnc(N4CCOCC4)n3)CC2)no1. The molecule has 0 aromatic carbocycles. The van der Waals surface area contributed by atoms with E-state index in [1.54, 1.807) is 0 Å². The van der Waals surface area contributed by atoms with Gasteiger partial charge in [-0.05, 0) is 13.0 Å². The lowest BCUT2D eigenvalue weighted by Gasteiger charge is -2.35. The highest BCUT2D eigenvalue weighted by atomic mass is 16.5. The molecular formula is C17H24N6O2. The summed E-state index contributed by atoms with van der Waals surface area (Å²) in [5.41, 5.74) is 1.00. The Balaban J connectivity index is 1.35. The van der Waals surface area contributed by atoms with Crippen molar-refractivity contribution in [3.05, 3.63) is 29.8 Å². The van der Waals surface area contributed by atoms with Crippen LogP contribution < -0.4 is 9.80 Å². The number of nitrogens with zero attached hydrogens (tertiary/aromatic N) is 6. The van der Waals surface area contributed by atoms with Gasteiger partial charge in [0.25, 0.3) is 0 Å². The number of anilines is 2. The molecule has 0 bridgehead atoms. The molecule has 2 aromatic heterocycles. The third-order valence-electron chi connectivity index (χ3n) is 4.68. The molecule has 0 amide bonds. The highest BCUT2D eigenvalue weighted by Crippen LogP contribution is 2.18. The van der Waals surface area contributed by atoms with E-state index in [-0.39, 0.29) is 0 Å². The first-order valence-corrected chi connectivity index (χ1v) is 8.83. The maximum atomic E-state index is 5.40. The number of morpholine rings is 1. The van der Waals surface area contributed by atoms with Crippen molar-refractivity contribution in [2.75, 3.05) is 62.3 Å². The summed E-state index contributed by atoms with van der Waals surface area (Å²) in [5.74, 6) is 2.68. The van der Waals surface area contributed by atoms with Gasteiger partial charge < -0.3 is 19.1 Å². The van der Waals surface area contributed by atoms with Crippen LogP contribution >= 0.6 is 0 Å². The molecule has 8 heteroatoms. The zero-order chi connectivity index (χ0) is 17.1. The molecule has 0 spiro atoms. The minimum Gasteiger partial charge on any atom is -0.378 e. The first kappa shape index (κ1) is 16.3. The van der Waals surface area contributed by atoms with Gasteiger partial charge in [0.05, 0.1) is 18.9 Å². The minimum absolute atomic E-state index is 0.744. The third-order valence-corrected chi connectivity index (χ3v) is 4.68. The van der Waals surface area contributed by atoms with Crippen molar-refractivity contribution in [3.8, 4) is 0 Å². The predicted molar refractivity (Wildman–Crippen MR) is 93.8 cm³/mol. The molecule has 4 rings (SSSR count). The van der Waals surface area contributed by atoms with Crippen molar-refractivity contribution in [2.45, 2.75) is 13.5 Å². The minimum atomic E-state index is 0.744. The summed E-state index contributed by atoms with van der Waals surface area (Å²) in [7, 11) is 0. The number of aromatic nitrogens is 3. The quantitative estimate of drug-likeness (QED) is 0.811. The van der Waals surface area contributed by atoms with Crippen LogP contribution in [0, 0.1) is 6.92 Å². The molecule has 0 saturated carbocycles. The van der Waals surface area contributed by atoms with Gasteiger partial charge in [-0.1, -0.05) is 5.16 Å². The van der Waals surface area contributed by atoms with Crippen LogP contribution in [0.5, 0.6) is 0 Å². The summed E-state index contributed by atoms with van der Waals surface area (Å²) < 4.78 is 10.6. The Kier molecular flexibility index (Phi) is 4.80. The van der Waals surface area contributed by atoms with Crippen LogP contribution in [0.1, 0.15) is 11.5 Å². The van der Waals surface area contributed by atoms with Crippen LogP contribution in [0.3, 0.4) is 0 Å². The number of ether oxygens (including phenoxy) is 1. The van der Waals surface area contributed by atoms with Gasteiger partial charge in [0.15, 0.2) is 0 Å². The van der Waals surface area contributed by atoms with Crippen LogP contribution in [0.4, 0.5) is 11.8 Å². The number of piperazine rings is 1. The summed E-state index contributed by atoms with van der Waals surface area (Å²) in [4.78, 5) is 16.1. The Labute approximate surface area is 147 Å². The normalized spacial score (nSPS) is 19.4. The molecule has 0 radical (unpaired) electrons. The molecule has 2 aromatic rings. The van der Waals surface area contributed by atoms with Gasteiger partial charge in [0, 0.05) is 58.1 Å². The topological polar surface area (TPSA) is 70.8 Å². The molecule has 25 heavy (non-hydrogen) atoms. The number of hydrogen-bond donors (Lipinski definition) is 0. The average molecular weight is 344 g/mol. The second kappa shape index (κ2) is 7.37. The van der Waals surface area contributed by atoms with E-state index in [0.29, 0.717) is 0 Å². The molecular weight excluding hydrogens is 320 g/mol. The van der Waals surface area contributed by atoms with Gasteiger partial charge >= 0.3 is 0 Å². The molecule has 0 N–H and O–H groups in total. The maximum Gasteiger partial charge on any atom is 0.227 e. The lowest BCUT2D eigenvalue weighted by atomic mass is 10.2. The van der Waals surface area contributed by atoms with E-state index in [2.05, 4.69) is 24.8 Å². The smallest absolute Gasteiger partial charge is 0.227 e. The van der Waals surface area contributed by atoms with Gasteiger partial charge in [-0.15, -0.1) is 0 Å². The second-order valence-corrected chi connectivity index (χ2v) is 6.51. The Morgan fingerprint density at radius 1 is 1.04 bits per heavy atom. The highest BCUT2D eigenvalue weighted by Gasteiger charge is 2.21. The number of rotatable bonds is 4. The van der Waals surface area contributed by atoms with E-state index in [0.717, 1.165) is 82.2 Å². The standard InChI is InChI=1S/C17H24N6O2/c1-14-12-15(20-25-14)13-21-4-6-22(7-5-21)16-2-3-18-17(19-16)23-8-10-24-11-9-23/h2-3,12H,4-11,13H2,1H3. The largest absolute Gasteiger partial charge is 0.378 e. The monoisotopic (exact) mass is 344 g/mol. The lowest BCUT2D eigenvalue weighted by molar-refractivity contribution is 0.122. The lowest BCUT2D eigenvalue weighted by Crippen LogP contribution is -2.46. The van der Waals surface area contributed by atoms with Crippen molar-refractivity contribution in [1.82, 2.24) is 20.0 Å². The predicted octanol–water partition coefficient (Wildman–Crippen LogP) is 0.932. The zero-order valence-electron chi connectivity index (χ0n) is 14.6. The summed E-state index contributed by atoms with van der Waals surface area (Å²) in [5, 5.41) is 4.08. The van der Waals surface area contributed by atoms with Gasteiger partial charge in [-0.25, -0.2) is 4.98 Å². The molecule has 2 aliphatic rings. The molecule has 2 aliphatic heterocycles. The van der Waals surface area contributed by atoms with E-state index in [4.69, 9.17) is 14.2 Å². The fourth-order valence-electron chi connectivity index (χ4n) is 3.29.